The van der Waals surface area contributed by atoms with Crippen LogP contribution in [-0.4, -0.2) is 29.7 Å². The van der Waals surface area contributed by atoms with Crippen LogP contribution in [0.2, 0.25) is 0 Å². The zero-order chi connectivity index (χ0) is 24.9. The van der Waals surface area contributed by atoms with Gasteiger partial charge in [-0.15, -0.1) is 11.3 Å². The summed E-state index contributed by atoms with van der Waals surface area (Å²) in [6, 6.07) is 22.2. The van der Waals surface area contributed by atoms with Crippen LogP contribution in [0.1, 0.15) is 39.4 Å². The van der Waals surface area contributed by atoms with Crippen LogP contribution in [0.3, 0.4) is 0 Å². The van der Waals surface area contributed by atoms with Crippen LogP contribution in [0.15, 0.2) is 71.6 Å². The number of benzene rings is 2. The summed E-state index contributed by atoms with van der Waals surface area (Å²) in [7, 11) is 0. The van der Waals surface area contributed by atoms with Gasteiger partial charge in [-0.3, -0.25) is 19.7 Å². The Morgan fingerprint density at radius 1 is 1.03 bits per heavy atom. The molecule has 2 aliphatic rings. The van der Waals surface area contributed by atoms with Gasteiger partial charge in [-0.25, -0.2) is 0 Å². The molecule has 1 saturated carbocycles. The third-order valence-electron chi connectivity index (χ3n) is 6.39. The van der Waals surface area contributed by atoms with Crippen molar-refractivity contribution in [3.05, 3.63) is 87.0 Å². The highest BCUT2D eigenvalue weighted by atomic mass is 32.2. The van der Waals surface area contributed by atoms with Crippen molar-refractivity contribution in [2.45, 2.75) is 32.0 Å². The zero-order valence-electron chi connectivity index (χ0n) is 19.6. The maximum absolute atomic E-state index is 12.6. The number of rotatable bonds is 8. The molecule has 2 N–H and O–H groups in total. The topological polar surface area (TPSA) is 84.5 Å². The van der Waals surface area contributed by atoms with Gasteiger partial charge in [-0.2, -0.15) is 0 Å². The van der Waals surface area contributed by atoms with Crippen LogP contribution < -0.4 is 10.6 Å². The minimum absolute atomic E-state index is 0.120. The van der Waals surface area contributed by atoms with Gasteiger partial charge < -0.3 is 10.1 Å². The molecule has 1 aliphatic heterocycles. The van der Waals surface area contributed by atoms with Crippen LogP contribution >= 0.6 is 23.1 Å². The molecule has 1 saturated heterocycles. The first-order chi connectivity index (χ1) is 17.5. The number of amides is 3. The molecule has 0 bridgehead atoms. The van der Waals surface area contributed by atoms with Gasteiger partial charge in [0, 0.05) is 11.4 Å². The third kappa shape index (κ3) is 5.95. The fourth-order valence-corrected chi connectivity index (χ4v) is 6.16. The quantitative estimate of drug-likeness (QED) is 0.365. The maximum Gasteiger partial charge on any atom is 0.290 e. The second kappa shape index (κ2) is 11.2. The standard InChI is InChI=1S/C28H26N2O4S2/c31-26(24-13-12-22(35-24)15-25-27(32)30-28(33)36-25)29-16-18-10-11-21(14-18)34-17-20-8-4-5-9-23(20)19-6-2-1-3-7-19/h1-9,12-13,15,18,21H,10-11,14,16-17H2,(H,29,31)(H,30,32,33)/b25-15-/t18-,21-/m0/s1. The maximum atomic E-state index is 12.6. The fourth-order valence-electron chi connectivity index (χ4n) is 4.55. The summed E-state index contributed by atoms with van der Waals surface area (Å²) < 4.78 is 6.28. The average molecular weight is 519 g/mol. The van der Waals surface area contributed by atoms with E-state index in [1.165, 1.54) is 28.0 Å². The molecule has 36 heavy (non-hydrogen) atoms. The van der Waals surface area contributed by atoms with Gasteiger partial charge >= 0.3 is 0 Å². The summed E-state index contributed by atoms with van der Waals surface area (Å²) in [5, 5.41) is 4.90. The third-order valence-corrected chi connectivity index (χ3v) is 8.23. The average Bonchev–Trinajstić information content (AvgIpc) is 3.63. The molecule has 0 spiro atoms. The first kappa shape index (κ1) is 24.5. The van der Waals surface area contributed by atoms with Crippen molar-refractivity contribution in [1.29, 1.82) is 0 Å². The van der Waals surface area contributed by atoms with E-state index >= 15 is 0 Å². The Hall–Kier alpha value is -3.20. The number of thioether (sulfide) groups is 1. The summed E-state index contributed by atoms with van der Waals surface area (Å²) in [6.45, 7) is 1.19. The highest BCUT2D eigenvalue weighted by molar-refractivity contribution is 8.18. The Balaban J connectivity index is 1.10. The van der Waals surface area contributed by atoms with Gasteiger partial charge in [0.25, 0.3) is 17.1 Å². The van der Waals surface area contributed by atoms with Crippen LogP contribution in [0, 0.1) is 5.92 Å². The molecule has 2 atom stereocenters. The summed E-state index contributed by atoms with van der Waals surface area (Å²) in [5.41, 5.74) is 3.57. The molecular weight excluding hydrogens is 492 g/mol. The van der Waals surface area contributed by atoms with Crippen molar-refractivity contribution in [1.82, 2.24) is 10.6 Å². The van der Waals surface area contributed by atoms with E-state index in [4.69, 9.17) is 4.74 Å². The van der Waals surface area contributed by atoms with Crippen LogP contribution in [0.4, 0.5) is 4.79 Å². The Morgan fingerprint density at radius 2 is 1.83 bits per heavy atom. The smallest absolute Gasteiger partial charge is 0.290 e. The summed E-state index contributed by atoms with van der Waals surface area (Å²) in [4.78, 5) is 37.3. The van der Waals surface area contributed by atoms with E-state index in [-0.39, 0.29) is 17.3 Å². The number of imide groups is 1. The van der Waals surface area contributed by atoms with Crippen LogP contribution in [0.5, 0.6) is 0 Å². The number of hydrogen-bond acceptors (Lipinski definition) is 6. The number of carbonyl (C=O) groups is 3. The molecule has 0 radical (unpaired) electrons. The number of thiophene rings is 1. The summed E-state index contributed by atoms with van der Waals surface area (Å²) >= 11 is 2.17. The second-order valence-corrected chi connectivity index (χ2v) is 11.0. The highest BCUT2D eigenvalue weighted by Gasteiger charge is 2.27. The van der Waals surface area contributed by atoms with Crippen molar-refractivity contribution in [3.8, 4) is 11.1 Å². The Morgan fingerprint density at radius 3 is 2.64 bits per heavy atom. The molecule has 3 amide bonds. The lowest BCUT2D eigenvalue weighted by Crippen LogP contribution is -2.28. The summed E-state index contributed by atoms with van der Waals surface area (Å²) in [5.74, 6) is -0.133. The number of carbonyl (C=O) groups excluding carboxylic acids is 3. The molecule has 1 aromatic heterocycles. The van der Waals surface area contributed by atoms with Gasteiger partial charge in [-0.05, 0) is 71.8 Å². The summed E-state index contributed by atoms with van der Waals surface area (Å²) in [6.07, 6.45) is 4.77. The monoisotopic (exact) mass is 518 g/mol. The highest BCUT2D eigenvalue weighted by Crippen LogP contribution is 2.31. The van der Waals surface area contributed by atoms with Crippen molar-refractivity contribution < 1.29 is 19.1 Å². The van der Waals surface area contributed by atoms with Gasteiger partial charge in [0.2, 0.25) is 0 Å². The molecule has 3 aromatic rings. The van der Waals surface area contributed by atoms with E-state index in [1.807, 2.05) is 24.3 Å². The largest absolute Gasteiger partial charge is 0.374 e. The van der Waals surface area contributed by atoms with E-state index in [2.05, 4.69) is 41.0 Å². The molecule has 2 fully saturated rings. The van der Waals surface area contributed by atoms with Gasteiger partial charge in [-0.1, -0.05) is 54.6 Å². The molecule has 2 aromatic carbocycles. The molecule has 8 heteroatoms. The molecule has 5 rings (SSSR count). The Labute approximate surface area is 218 Å². The van der Waals surface area contributed by atoms with E-state index in [0.717, 1.165) is 35.9 Å². The van der Waals surface area contributed by atoms with Crippen molar-refractivity contribution >= 4 is 46.2 Å². The first-order valence-corrected chi connectivity index (χ1v) is 13.6. The molecule has 184 valence electrons. The first-order valence-electron chi connectivity index (χ1n) is 11.9. The minimum Gasteiger partial charge on any atom is -0.374 e. The van der Waals surface area contributed by atoms with Crippen molar-refractivity contribution in [2.75, 3.05) is 6.54 Å². The van der Waals surface area contributed by atoms with Gasteiger partial charge in [0.15, 0.2) is 0 Å². The zero-order valence-corrected chi connectivity index (χ0v) is 21.2. The molecule has 1 aliphatic carbocycles. The minimum atomic E-state index is -0.397. The lowest BCUT2D eigenvalue weighted by molar-refractivity contribution is -0.115. The number of hydrogen-bond donors (Lipinski definition) is 2. The van der Waals surface area contributed by atoms with Gasteiger partial charge in [0.1, 0.15) is 0 Å². The van der Waals surface area contributed by atoms with Crippen molar-refractivity contribution in [3.63, 3.8) is 0 Å². The normalized spacial score (nSPS) is 20.6. The van der Waals surface area contributed by atoms with E-state index in [1.54, 1.807) is 18.2 Å². The van der Waals surface area contributed by atoms with Crippen LogP contribution in [-0.2, 0) is 16.1 Å². The van der Waals surface area contributed by atoms with Gasteiger partial charge in [0.05, 0.1) is 22.5 Å². The number of ether oxygens (including phenoxy) is 1. The Bertz CT molecular complexity index is 1300. The Kier molecular flexibility index (Phi) is 7.65. The molecular formula is C28H26N2O4S2. The van der Waals surface area contributed by atoms with Crippen LogP contribution in [0.25, 0.3) is 17.2 Å². The van der Waals surface area contributed by atoms with E-state index in [9.17, 15) is 14.4 Å². The molecule has 0 unspecified atom stereocenters. The molecule has 6 nitrogen and oxygen atoms in total. The van der Waals surface area contributed by atoms with Crippen molar-refractivity contribution in [2.24, 2.45) is 5.92 Å². The number of nitrogens with one attached hydrogen (secondary N) is 2. The fraction of sp³-hybridized carbons (Fsp3) is 0.250. The predicted molar refractivity (Wildman–Crippen MR) is 144 cm³/mol. The lowest BCUT2D eigenvalue weighted by Gasteiger charge is -2.15. The SMILES string of the molecule is O=C1NC(=O)/C(=C/c2ccc(C(=O)NC[C@H]3CC[C@H](OCc4ccccc4-c4ccccc4)C3)s2)S1. The predicted octanol–water partition coefficient (Wildman–Crippen LogP) is 5.85. The van der Waals surface area contributed by atoms with E-state index in [0.29, 0.717) is 28.9 Å². The molecule has 2 heterocycles. The second-order valence-electron chi connectivity index (χ2n) is 8.90. The lowest BCUT2D eigenvalue weighted by atomic mass is 10.0. The van der Waals surface area contributed by atoms with E-state index < -0.39 is 5.91 Å².